The van der Waals surface area contributed by atoms with Gasteiger partial charge in [-0.05, 0) is 48.2 Å². The molecule has 0 radical (unpaired) electrons. The maximum atomic E-state index is 9.55. The maximum absolute atomic E-state index is 9.55. The quantitative estimate of drug-likeness (QED) is 0.306. The van der Waals surface area contributed by atoms with E-state index in [0.29, 0.717) is 13.0 Å². The third-order valence-corrected chi connectivity index (χ3v) is 3.89. The molecule has 0 unspecified atom stereocenters. The van der Waals surface area contributed by atoms with E-state index < -0.39 is 0 Å². The molecule has 6 nitrogen and oxygen atoms in total. The molecule has 0 aromatic heterocycles. The lowest BCUT2D eigenvalue weighted by Crippen LogP contribution is -2.23. The largest absolute Gasteiger partial charge is 0.508 e. The summed E-state index contributed by atoms with van der Waals surface area (Å²) in [6, 6.07) is 11.5. The first-order chi connectivity index (χ1) is 12.5. The summed E-state index contributed by atoms with van der Waals surface area (Å²) in [5, 5.41) is 13.7. The number of anilines is 1. The highest BCUT2D eigenvalue weighted by atomic mass is 16.5. The number of hydrogen-bond acceptors (Lipinski definition) is 5. The van der Waals surface area contributed by atoms with Gasteiger partial charge in [-0.3, -0.25) is 9.80 Å². The molecule has 0 saturated carbocycles. The highest BCUT2D eigenvalue weighted by molar-refractivity contribution is 5.54. The number of hydrazine groups is 1. The number of aryl methyl sites for hydroxylation is 2. The van der Waals surface area contributed by atoms with E-state index >= 15 is 0 Å². The summed E-state index contributed by atoms with van der Waals surface area (Å²) in [7, 11) is 3.39. The van der Waals surface area contributed by atoms with Crippen molar-refractivity contribution < 1.29 is 14.6 Å². The van der Waals surface area contributed by atoms with Gasteiger partial charge < -0.3 is 15.2 Å². The third kappa shape index (κ3) is 6.29. The van der Waals surface area contributed by atoms with Crippen LogP contribution in [0.25, 0.3) is 0 Å². The van der Waals surface area contributed by atoms with Crippen LogP contribution < -0.4 is 15.9 Å². The molecule has 0 spiro atoms. The van der Waals surface area contributed by atoms with Crippen LogP contribution in [0, 0.1) is 0 Å². The molecule has 6 heteroatoms. The van der Waals surface area contributed by atoms with Crippen molar-refractivity contribution in [3.05, 3.63) is 53.1 Å². The number of amides is 1. The zero-order valence-electron chi connectivity index (χ0n) is 16.0. The molecular formula is C20H29N3O3. The average Bonchev–Trinajstić information content (AvgIpc) is 2.66. The monoisotopic (exact) mass is 359 g/mol. The first kappa shape index (κ1) is 21.3. The van der Waals surface area contributed by atoms with E-state index in [0.717, 1.165) is 34.9 Å². The minimum absolute atomic E-state index is 0.282. The van der Waals surface area contributed by atoms with E-state index in [1.54, 1.807) is 12.1 Å². The Balaban J connectivity index is 0.000000597. The number of carbonyl (C=O) groups is 1. The number of nitrogens with one attached hydrogen (secondary N) is 1. The van der Waals surface area contributed by atoms with E-state index in [2.05, 4.69) is 37.4 Å². The Bertz CT molecular complexity index is 680. The Hall–Kier alpha value is -2.73. The van der Waals surface area contributed by atoms with Crippen LogP contribution in [0.2, 0.25) is 0 Å². The molecule has 0 fully saturated rings. The number of phenols is 1. The number of benzene rings is 2. The van der Waals surface area contributed by atoms with E-state index in [9.17, 15) is 9.90 Å². The maximum Gasteiger partial charge on any atom is 0.223 e. The number of nitrogens with zero attached hydrogens (tertiary/aromatic N) is 1. The van der Waals surface area contributed by atoms with Crippen LogP contribution in [-0.4, -0.2) is 30.6 Å². The van der Waals surface area contributed by atoms with Crippen molar-refractivity contribution in [3.63, 3.8) is 0 Å². The number of hydrogen-bond donors (Lipinski definition) is 3. The second-order valence-corrected chi connectivity index (χ2v) is 5.75. The van der Waals surface area contributed by atoms with Crippen LogP contribution in [0.15, 0.2) is 36.4 Å². The summed E-state index contributed by atoms with van der Waals surface area (Å²) in [5.74, 6) is 5.87. The normalized spacial score (nSPS) is 9.73. The van der Waals surface area contributed by atoms with E-state index in [1.807, 2.05) is 13.1 Å². The highest BCUT2D eigenvalue weighted by Gasteiger charge is 2.09. The minimum atomic E-state index is 0.282. The molecule has 2 rings (SSSR count). The van der Waals surface area contributed by atoms with Gasteiger partial charge in [-0.15, -0.1) is 0 Å². The van der Waals surface area contributed by atoms with Crippen molar-refractivity contribution in [1.29, 1.82) is 0 Å². The lowest BCUT2D eigenvalue weighted by Gasteiger charge is -2.16. The summed E-state index contributed by atoms with van der Waals surface area (Å²) in [4.78, 5) is 9.31. The second kappa shape index (κ2) is 11.0. The van der Waals surface area contributed by atoms with Gasteiger partial charge in [-0.25, -0.2) is 5.84 Å². The van der Waals surface area contributed by atoms with Crippen LogP contribution in [0.3, 0.4) is 0 Å². The molecule has 0 aliphatic rings. The van der Waals surface area contributed by atoms with Crippen molar-refractivity contribution >= 4 is 12.1 Å². The van der Waals surface area contributed by atoms with Crippen molar-refractivity contribution in [3.8, 4) is 11.5 Å². The van der Waals surface area contributed by atoms with Gasteiger partial charge in [-0.1, -0.05) is 26.0 Å². The van der Waals surface area contributed by atoms with Gasteiger partial charge in [0.05, 0.1) is 0 Å². The summed E-state index contributed by atoms with van der Waals surface area (Å²) in [6.45, 7) is 4.73. The Morgan fingerprint density at radius 2 is 1.85 bits per heavy atom. The summed E-state index contributed by atoms with van der Waals surface area (Å²) in [5.41, 5.74) is 4.61. The standard InChI is InChI=1S/C18H23NO2.C2H6N2O/c1-4-13-7-6-8-17(19-3)16(13)12-21-18-10-9-15(20)11-14(18)5-2;1-4(3)2-5/h6-11,19-20H,4-5,12H2,1-3H3;2H,3H2,1H3. The van der Waals surface area contributed by atoms with Crippen molar-refractivity contribution in [1.82, 2.24) is 5.01 Å². The molecule has 142 valence electrons. The van der Waals surface area contributed by atoms with Gasteiger partial charge in [0.1, 0.15) is 18.1 Å². The number of phenolic OH excluding ortho intramolecular Hbond substituents is 1. The minimum Gasteiger partial charge on any atom is -0.508 e. The molecule has 1 amide bonds. The number of carbonyl (C=O) groups excluding carboxylic acids is 1. The zero-order chi connectivity index (χ0) is 19.5. The third-order valence-electron chi connectivity index (χ3n) is 3.89. The van der Waals surface area contributed by atoms with Gasteiger partial charge in [0.15, 0.2) is 0 Å². The fourth-order valence-electron chi connectivity index (χ4n) is 2.50. The SMILES string of the molecule is CCc1cc(O)ccc1OCc1c(CC)cccc1NC.CN(N)C=O. The fraction of sp³-hybridized carbons (Fsp3) is 0.350. The Morgan fingerprint density at radius 1 is 1.19 bits per heavy atom. The van der Waals surface area contributed by atoms with E-state index in [4.69, 9.17) is 10.6 Å². The molecule has 0 atom stereocenters. The first-order valence-corrected chi connectivity index (χ1v) is 8.62. The van der Waals surface area contributed by atoms with Crippen LogP contribution in [0.4, 0.5) is 5.69 Å². The predicted octanol–water partition coefficient (Wildman–Crippen LogP) is 3.09. The molecule has 2 aromatic carbocycles. The summed E-state index contributed by atoms with van der Waals surface area (Å²) in [6.07, 6.45) is 2.34. The molecule has 4 N–H and O–H groups in total. The van der Waals surface area contributed by atoms with Crippen molar-refractivity contribution in [2.45, 2.75) is 33.3 Å². The number of rotatable bonds is 7. The van der Waals surface area contributed by atoms with Crippen LogP contribution >= 0.6 is 0 Å². The van der Waals surface area contributed by atoms with Gasteiger partial charge in [-0.2, -0.15) is 0 Å². The lowest BCUT2D eigenvalue weighted by molar-refractivity contribution is -0.117. The van der Waals surface area contributed by atoms with Gasteiger partial charge in [0, 0.05) is 25.3 Å². The first-order valence-electron chi connectivity index (χ1n) is 8.62. The van der Waals surface area contributed by atoms with Gasteiger partial charge in [0.25, 0.3) is 0 Å². The van der Waals surface area contributed by atoms with Crippen molar-refractivity contribution in [2.75, 3.05) is 19.4 Å². The summed E-state index contributed by atoms with van der Waals surface area (Å²) >= 11 is 0. The van der Waals surface area contributed by atoms with Crippen LogP contribution in [0.1, 0.15) is 30.5 Å². The van der Waals surface area contributed by atoms with E-state index in [-0.39, 0.29) is 5.75 Å². The molecule has 2 aromatic rings. The molecule has 0 saturated heterocycles. The molecular weight excluding hydrogens is 330 g/mol. The van der Waals surface area contributed by atoms with Gasteiger partial charge in [0.2, 0.25) is 6.41 Å². The molecule has 0 heterocycles. The fourth-order valence-corrected chi connectivity index (χ4v) is 2.50. The lowest BCUT2D eigenvalue weighted by atomic mass is 10.0. The Labute approximate surface area is 155 Å². The predicted molar refractivity (Wildman–Crippen MR) is 105 cm³/mol. The Kier molecular flexibility index (Phi) is 9.01. The number of ether oxygens (including phenoxy) is 1. The second-order valence-electron chi connectivity index (χ2n) is 5.75. The van der Waals surface area contributed by atoms with E-state index in [1.165, 1.54) is 18.2 Å². The number of aromatic hydroxyl groups is 1. The Morgan fingerprint density at radius 3 is 2.38 bits per heavy atom. The zero-order valence-corrected chi connectivity index (χ0v) is 16.0. The number of nitrogens with two attached hydrogens (primary N) is 1. The molecule has 0 aliphatic carbocycles. The van der Waals surface area contributed by atoms with Crippen LogP contribution in [-0.2, 0) is 24.2 Å². The highest BCUT2D eigenvalue weighted by Crippen LogP contribution is 2.27. The summed E-state index contributed by atoms with van der Waals surface area (Å²) < 4.78 is 6.00. The van der Waals surface area contributed by atoms with Crippen LogP contribution in [0.5, 0.6) is 11.5 Å². The molecule has 0 bridgehead atoms. The molecule has 26 heavy (non-hydrogen) atoms. The van der Waals surface area contributed by atoms with Gasteiger partial charge >= 0.3 is 0 Å². The topological polar surface area (TPSA) is 87.8 Å². The smallest absolute Gasteiger partial charge is 0.223 e. The average molecular weight is 359 g/mol. The molecule has 0 aliphatic heterocycles. The van der Waals surface area contributed by atoms with Crippen molar-refractivity contribution in [2.24, 2.45) is 5.84 Å².